The molecule has 3 rings (SSSR count). The highest BCUT2D eigenvalue weighted by molar-refractivity contribution is 7.99. The Morgan fingerprint density at radius 2 is 2.30 bits per heavy atom. The molecule has 1 saturated heterocycles. The molecular formula is C16H17N3O3S. The zero-order chi connectivity index (χ0) is 16.2. The molecule has 0 radical (unpaired) electrons. The molecule has 1 atom stereocenters. The van der Waals surface area contributed by atoms with Crippen LogP contribution in [0, 0.1) is 0 Å². The maximum Gasteiger partial charge on any atom is 0.256 e. The van der Waals surface area contributed by atoms with Crippen molar-refractivity contribution in [2.24, 2.45) is 0 Å². The molecule has 2 aromatic heterocycles. The number of rotatable bonds is 4. The van der Waals surface area contributed by atoms with Crippen molar-refractivity contribution >= 4 is 23.6 Å². The first kappa shape index (κ1) is 15.6. The van der Waals surface area contributed by atoms with E-state index < -0.39 is 6.04 Å². The standard InChI is InChI=1S/C16H17N3O3S/c1-18(9-13-5-3-7-22-13)16(21)14-10-23-11-19(14)15(20)12-4-2-6-17-8-12/h2-8,14H,9-11H2,1H3/t14-/m1/s1. The summed E-state index contributed by atoms with van der Waals surface area (Å²) >= 11 is 1.58. The lowest BCUT2D eigenvalue weighted by Crippen LogP contribution is -2.47. The van der Waals surface area contributed by atoms with Crippen molar-refractivity contribution in [2.45, 2.75) is 12.6 Å². The Hall–Kier alpha value is -2.28. The van der Waals surface area contributed by atoms with Crippen LogP contribution in [0.25, 0.3) is 0 Å². The summed E-state index contributed by atoms with van der Waals surface area (Å²) in [5.74, 6) is 1.60. The number of pyridine rings is 1. The molecular weight excluding hydrogens is 314 g/mol. The maximum atomic E-state index is 12.7. The Kier molecular flexibility index (Phi) is 4.66. The van der Waals surface area contributed by atoms with E-state index in [0.29, 0.717) is 23.7 Å². The van der Waals surface area contributed by atoms with Crippen LogP contribution in [0.1, 0.15) is 16.1 Å². The van der Waals surface area contributed by atoms with Crippen LogP contribution < -0.4 is 0 Å². The second-order valence-corrected chi connectivity index (χ2v) is 6.31. The second-order valence-electron chi connectivity index (χ2n) is 5.31. The van der Waals surface area contributed by atoms with Gasteiger partial charge in [0.1, 0.15) is 11.8 Å². The highest BCUT2D eigenvalue weighted by Gasteiger charge is 2.36. The first-order chi connectivity index (χ1) is 11.2. The van der Waals surface area contributed by atoms with Crippen LogP contribution in [0.4, 0.5) is 0 Å². The molecule has 0 spiro atoms. The van der Waals surface area contributed by atoms with Gasteiger partial charge in [0.15, 0.2) is 0 Å². The molecule has 2 amide bonds. The molecule has 7 heteroatoms. The molecule has 0 saturated carbocycles. The van der Waals surface area contributed by atoms with Gasteiger partial charge in [-0.3, -0.25) is 14.6 Å². The Bertz CT molecular complexity index is 675. The van der Waals surface area contributed by atoms with Gasteiger partial charge in [-0.1, -0.05) is 0 Å². The van der Waals surface area contributed by atoms with Crippen molar-refractivity contribution in [1.82, 2.24) is 14.8 Å². The zero-order valence-corrected chi connectivity index (χ0v) is 13.5. The fourth-order valence-electron chi connectivity index (χ4n) is 2.47. The number of thioether (sulfide) groups is 1. The number of aromatic nitrogens is 1. The number of nitrogens with zero attached hydrogens (tertiary/aromatic N) is 3. The van der Waals surface area contributed by atoms with Gasteiger partial charge >= 0.3 is 0 Å². The van der Waals surface area contributed by atoms with E-state index in [4.69, 9.17) is 4.42 Å². The minimum Gasteiger partial charge on any atom is -0.467 e. The van der Waals surface area contributed by atoms with Crippen molar-refractivity contribution < 1.29 is 14.0 Å². The van der Waals surface area contributed by atoms with Gasteiger partial charge in [-0.15, -0.1) is 11.8 Å². The molecule has 0 aliphatic carbocycles. The number of likely N-dealkylation sites (N-methyl/N-ethyl adjacent to an activating group) is 1. The van der Waals surface area contributed by atoms with Crippen molar-refractivity contribution in [3.8, 4) is 0 Å². The Morgan fingerprint density at radius 3 is 3.00 bits per heavy atom. The van der Waals surface area contributed by atoms with E-state index in [2.05, 4.69) is 4.98 Å². The van der Waals surface area contributed by atoms with E-state index in [0.717, 1.165) is 5.76 Å². The molecule has 0 unspecified atom stereocenters. The summed E-state index contributed by atoms with van der Waals surface area (Å²) in [5, 5.41) is 0. The van der Waals surface area contributed by atoms with Crippen LogP contribution in [-0.2, 0) is 11.3 Å². The predicted molar refractivity (Wildman–Crippen MR) is 86.7 cm³/mol. The fourth-order valence-corrected chi connectivity index (χ4v) is 3.62. The number of amides is 2. The van der Waals surface area contributed by atoms with Crippen molar-refractivity contribution in [2.75, 3.05) is 18.7 Å². The lowest BCUT2D eigenvalue weighted by molar-refractivity contribution is -0.134. The number of hydrogen-bond acceptors (Lipinski definition) is 5. The molecule has 1 aliphatic rings. The summed E-state index contributed by atoms with van der Waals surface area (Å²) in [5.41, 5.74) is 0.501. The summed E-state index contributed by atoms with van der Waals surface area (Å²) in [6, 6.07) is 6.60. The molecule has 3 heterocycles. The summed E-state index contributed by atoms with van der Waals surface area (Å²) in [7, 11) is 1.72. The van der Waals surface area contributed by atoms with Crippen molar-refractivity contribution in [1.29, 1.82) is 0 Å². The number of carbonyl (C=O) groups excluding carboxylic acids is 2. The summed E-state index contributed by atoms with van der Waals surface area (Å²) in [4.78, 5) is 32.4. The minimum absolute atomic E-state index is 0.0800. The normalized spacial score (nSPS) is 17.3. The van der Waals surface area contributed by atoms with E-state index >= 15 is 0 Å². The molecule has 0 N–H and O–H groups in total. The molecule has 120 valence electrons. The average Bonchev–Trinajstić information content (AvgIpc) is 3.25. The largest absolute Gasteiger partial charge is 0.467 e. The summed E-state index contributed by atoms with van der Waals surface area (Å²) < 4.78 is 5.27. The average molecular weight is 331 g/mol. The van der Waals surface area contributed by atoms with Gasteiger partial charge in [0.2, 0.25) is 5.91 Å². The van der Waals surface area contributed by atoms with Crippen LogP contribution in [0.5, 0.6) is 0 Å². The Balaban J connectivity index is 1.70. The SMILES string of the molecule is CN(Cc1ccco1)C(=O)[C@H]1CSCN1C(=O)c1cccnc1. The van der Waals surface area contributed by atoms with Crippen molar-refractivity contribution in [3.05, 3.63) is 54.2 Å². The monoisotopic (exact) mass is 331 g/mol. The Labute approximate surface area is 138 Å². The van der Waals surface area contributed by atoms with Crippen LogP contribution in [0.15, 0.2) is 47.3 Å². The highest BCUT2D eigenvalue weighted by Crippen LogP contribution is 2.24. The van der Waals surface area contributed by atoms with Gasteiger partial charge in [0.25, 0.3) is 5.91 Å². The molecule has 2 aromatic rings. The first-order valence-electron chi connectivity index (χ1n) is 7.23. The van der Waals surface area contributed by atoms with Gasteiger partial charge in [-0.2, -0.15) is 0 Å². The van der Waals surface area contributed by atoms with Crippen LogP contribution in [0.3, 0.4) is 0 Å². The lowest BCUT2D eigenvalue weighted by Gasteiger charge is -2.27. The molecule has 1 aliphatic heterocycles. The third kappa shape index (κ3) is 3.39. The molecule has 6 nitrogen and oxygen atoms in total. The number of hydrogen-bond donors (Lipinski definition) is 0. The third-order valence-corrected chi connectivity index (χ3v) is 4.70. The smallest absolute Gasteiger partial charge is 0.256 e. The number of carbonyl (C=O) groups is 2. The minimum atomic E-state index is -0.451. The molecule has 0 aromatic carbocycles. The van der Waals surface area contributed by atoms with E-state index in [9.17, 15) is 9.59 Å². The fraction of sp³-hybridized carbons (Fsp3) is 0.312. The van der Waals surface area contributed by atoms with E-state index in [1.54, 1.807) is 59.3 Å². The number of furan rings is 1. The van der Waals surface area contributed by atoms with Crippen molar-refractivity contribution in [3.63, 3.8) is 0 Å². The lowest BCUT2D eigenvalue weighted by atomic mass is 10.2. The predicted octanol–water partition coefficient (Wildman–Crippen LogP) is 1.85. The molecule has 1 fully saturated rings. The summed E-state index contributed by atoms with van der Waals surface area (Å²) in [6.45, 7) is 0.391. The van der Waals surface area contributed by atoms with Gasteiger partial charge in [-0.25, -0.2) is 0 Å². The summed E-state index contributed by atoms with van der Waals surface area (Å²) in [6.07, 6.45) is 4.73. The van der Waals surface area contributed by atoms with E-state index in [1.807, 2.05) is 6.07 Å². The second kappa shape index (κ2) is 6.87. The molecule has 23 heavy (non-hydrogen) atoms. The van der Waals surface area contributed by atoms with Crippen LogP contribution in [-0.4, -0.2) is 51.3 Å². The zero-order valence-electron chi connectivity index (χ0n) is 12.7. The maximum absolute atomic E-state index is 12.7. The first-order valence-corrected chi connectivity index (χ1v) is 8.38. The highest BCUT2D eigenvalue weighted by atomic mass is 32.2. The topological polar surface area (TPSA) is 66.7 Å². The van der Waals surface area contributed by atoms with Gasteiger partial charge < -0.3 is 14.2 Å². The van der Waals surface area contributed by atoms with Crippen LogP contribution >= 0.6 is 11.8 Å². The molecule has 0 bridgehead atoms. The Morgan fingerprint density at radius 1 is 1.43 bits per heavy atom. The van der Waals surface area contributed by atoms with E-state index in [1.165, 1.54) is 6.20 Å². The van der Waals surface area contributed by atoms with E-state index in [-0.39, 0.29) is 11.8 Å². The van der Waals surface area contributed by atoms with Crippen LogP contribution in [0.2, 0.25) is 0 Å². The van der Waals surface area contributed by atoms with Gasteiger partial charge in [0, 0.05) is 25.2 Å². The quantitative estimate of drug-likeness (QED) is 0.855. The van der Waals surface area contributed by atoms with Gasteiger partial charge in [-0.05, 0) is 24.3 Å². The van der Waals surface area contributed by atoms with Gasteiger partial charge in [0.05, 0.1) is 24.2 Å². The third-order valence-electron chi connectivity index (χ3n) is 3.69.